The molecule has 4 nitrogen and oxygen atoms in total. The summed E-state index contributed by atoms with van der Waals surface area (Å²) in [5, 5.41) is 0. The molecule has 1 aromatic carbocycles. The molecular weight excluding hydrogens is 288 g/mol. The summed E-state index contributed by atoms with van der Waals surface area (Å²) in [4.78, 5) is 16.6. The Balaban J connectivity index is 1.45. The van der Waals surface area contributed by atoms with Gasteiger partial charge in [-0.3, -0.25) is 9.69 Å². The first-order chi connectivity index (χ1) is 11.2. The highest BCUT2D eigenvalue weighted by molar-refractivity contribution is 5.91. The van der Waals surface area contributed by atoms with Gasteiger partial charge in [0.15, 0.2) is 0 Å². The molecule has 2 fully saturated rings. The van der Waals surface area contributed by atoms with Crippen LogP contribution in [-0.2, 0) is 9.53 Å². The van der Waals surface area contributed by atoms with Crippen LogP contribution in [0.25, 0.3) is 6.08 Å². The largest absolute Gasteiger partial charge is 0.377 e. The number of piperazine rings is 1. The molecule has 0 N–H and O–H groups in total. The summed E-state index contributed by atoms with van der Waals surface area (Å²) in [5.74, 6) is 0.113. The molecule has 1 unspecified atom stereocenters. The van der Waals surface area contributed by atoms with Crippen LogP contribution in [-0.4, -0.2) is 61.1 Å². The van der Waals surface area contributed by atoms with Gasteiger partial charge < -0.3 is 9.64 Å². The Kier molecular flexibility index (Phi) is 5.47. The van der Waals surface area contributed by atoms with E-state index in [1.165, 1.54) is 18.4 Å². The van der Waals surface area contributed by atoms with Gasteiger partial charge in [0.05, 0.1) is 6.10 Å². The normalized spacial score (nSPS) is 22.8. The third-order valence-electron chi connectivity index (χ3n) is 4.67. The Morgan fingerprint density at radius 1 is 1.22 bits per heavy atom. The van der Waals surface area contributed by atoms with E-state index in [0.717, 1.165) is 44.9 Å². The number of nitrogens with zero attached hydrogens (tertiary/aromatic N) is 2. The molecule has 3 rings (SSSR count). The number of amides is 1. The van der Waals surface area contributed by atoms with Gasteiger partial charge >= 0.3 is 0 Å². The molecule has 23 heavy (non-hydrogen) atoms. The van der Waals surface area contributed by atoms with Crippen molar-refractivity contribution in [3.63, 3.8) is 0 Å². The van der Waals surface area contributed by atoms with E-state index in [1.807, 2.05) is 23.1 Å². The molecule has 2 aliphatic heterocycles. The molecule has 2 heterocycles. The maximum Gasteiger partial charge on any atom is 0.246 e. The van der Waals surface area contributed by atoms with Crippen molar-refractivity contribution in [3.05, 3.63) is 41.5 Å². The van der Waals surface area contributed by atoms with E-state index in [9.17, 15) is 4.79 Å². The van der Waals surface area contributed by atoms with Gasteiger partial charge in [0.2, 0.25) is 5.91 Å². The van der Waals surface area contributed by atoms with E-state index in [-0.39, 0.29) is 5.91 Å². The van der Waals surface area contributed by atoms with Gasteiger partial charge in [-0.05, 0) is 31.4 Å². The van der Waals surface area contributed by atoms with Crippen molar-refractivity contribution in [1.82, 2.24) is 9.80 Å². The quantitative estimate of drug-likeness (QED) is 0.800. The highest BCUT2D eigenvalue weighted by atomic mass is 16.5. The summed E-state index contributed by atoms with van der Waals surface area (Å²) < 4.78 is 5.69. The lowest BCUT2D eigenvalue weighted by Gasteiger charge is -2.35. The highest BCUT2D eigenvalue weighted by Gasteiger charge is 2.23. The third kappa shape index (κ3) is 4.66. The molecule has 4 heteroatoms. The molecule has 0 saturated carbocycles. The average molecular weight is 314 g/mol. The third-order valence-corrected chi connectivity index (χ3v) is 4.67. The molecule has 0 radical (unpaired) electrons. The Hall–Kier alpha value is -1.65. The first-order valence-electron chi connectivity index (χ1n) is 8.58. The van der Waals surface area contributed by atoms with Crippen molar-refractivity contribution >= 4 is 12.0 Å². The second-order valence-electron chi connectivity index (χ2n) is 6.50. The number of carbonyl (C=O) groups is 1. The van der Waals surface area contributed by atoms with E-state index >= 15 is 0 Å². The zero-order valence-electron chi connectivity index (χ0n) is 13.9. The zero-order chi connectivity index (χ0) is 16.1. The van der Waals surface area contributed by atoms with Crippen LogP contribution in [0.1, 0.15) is 24.0 Å². The molecule has 0 bridgehead atoms. The van der Waals surface area contributed by atoms with Gasteiger partial charge in [0.25, 0.3) is 0 Å². The zero-order valence-corrected chi connectivity index (χ0v) is 13.9. The summed E-state index contributed by atoms with van der Waals surface area (Å²) in [5.41, 5.74) is 2.30. The van der Waals surface area contributed by atoms with E-state index in [4.69, 9.17) is 4.74 Å². The summed E-state index contributed by atoms with van der Waals surface area (Å²) in [6.07, 6.45) is 6.37. The number of benzene rings is 1. The minimum Gasteiger partial charge on any atom is -0.377 e. The van der Waals surface area contributed by atoms with Gasteiger partial charge in [0.1, 0.15) is 0 Å². The molecule has 1 atom stereocenters. The molecule has 1 amide bonds. The van der Waals surface area contributed by atoms with Crippen LogP contribution in [0.3, 0.4) is 0 Å². The molecule has 124 valence electrons. The van der Waals surface area contributed by atoms with E-state index < -0.39 is 0 Å². The van der Waals surface area contributed by atoms with Crippen molar-refractivity contribution in [1.29, 1.82) is 0 Å². The standard InChI is InChI=1S/C19H26N2O2/c1-16-4-6-17(7-5-16)8-9-19(22)21-12-10-20(11-13-21)15-18-3-2-14-23-18/h4-9,18H,2-3,10-15H2,1H3/b9-8+. The summed E-state index contributed by atoms with van der Waals surface area (Å²) >= 11 is 0. The van der Waals surface area contributed by atoms with Crippen molar-refractivity contribution in [2.24, 2.45) is 0 Å². The molecule has 0 aromatic heterocycles. The minimum atomic E-state index is 0.113. The topological polar surface area (TPSA) is 32.8 Å². The maximum absolute atomic E-state index is 12.3. The minimum absolute atomic E-state index is 0.113. The monoisotopic (exact) mass is 314 g/mol. The Morgan fingerprint density at radius 2 is 1.96 bits per heavy atom. The Morgan fingerprint density at radius 3 is 2.61 bits per heavy atom. The lowest BCUT2D eigenvalue weighted by Crippen LogP contribution is -2.50. The molecule has 1 aromatic rings. The summed E-state index contributed by atoms with van der Waals surface area (Å²) in [7, 11) is 0. The fraction of sp³-hybridized carbons (Fsp3) is 0.526. The highest BCUT2D eigenvalue weighted by Crippen LogP contribution is 2.14. The van der Waals surface area contributed by atoms with Crippen LogP contribution in [0.2, 0.25) is 0 Å². The number of aryl methyl sites for hydroxylation is 1. The summed E-state index contributed by atoms with van der Waals surface area (Å²) in [6.45, 7) is 7.50. The second kappa shape index (κ2) is 7.75. The maximum atomic E-state index is 12.3. The van der Waals surface area contributed by atoms with E-state index in [0.29, 0.717) is 6.10 Å². The van der Waals surface area contributed by atoms with Crippen LogP contribution in [0.5, 0.6) is 0 Å². The van der Waals surface area contributed by atoms with Crippen LogP contribution in [0.15, 0.2) is 30.3 Å². The lowest BCUT2D eigenvalue weighted by atomic mass is 10.1. The second-order valence-corrected chi connectivity index (χ2v) is 6.50. The van der Waals surface area contributed by atoms with E-state index in [1.54, 1.807) is 6.08 Å². The van der Waals surface area contributed by atoms with Crippen molar-refractivity contribution in [2.45, 2.75) is 25.9 Å². The molecule has 2 aliphatic rings. The van der Waals surface area contributed by atoms with Crippen LogP contribution in [0, 0.1) is 6.92 Å². The SMILES string of the molecule is Cc1ccc(/C=C/C(=O)N2CCN(CC3CCCO3)CC2)cc1. The van der Waals surface area contributed by atoms with Gasteiger partial charge in [0, 0.05) is 45.4 Å². The van der Waals surface area contributed by atoms with Gasteiger partial charge in [-0.15, -0.1) is 0 Å². The molecule has 2 saturated heterocycles. The first-order valence-corrected chi connectivity index (χ1v) is 8.58. The number of hydrogen-bond donors (Lipinski definition) is 0. The number of ether oxygens (including phenoxy) is 1. The predicted octanol–water partition coefficient (Wildman–Crippen LogP) is 2.33. The number of carbonyl (C=O) groups excluding carboxylic acids is 1. The Labute approximate surface area is 138 Å². The van der Waals surface area contributed by atoms with Gasteiger partial charge in [-0.2, -0.15) is 0 Å². The molecule has 0 spiro atoms. The predicted molar refractivity (Wildman–Crippen MR) is 92.2 cm³/mol. The molecular formula is C19H26N2O2. The van der Waals surface area contributed by atoms with Gasteiger partial charge in [-0.1, -0.05) is 29.8 Å². The Bertz CT molecular complexity index is 539. The van der Waals surface area contributed by atoms with E-state index in [2.05, 4.69) is 24.0 Å². The fourth-order valence-corrected chi connectivity index (χ4v) is 3.18. The first kappa shape index (κ1) is 16.2. The summed E-state index contributed by atoms with van der Waals surface area (Å²) in [6, 6.07) is 8.21. The van der Waals surface area contributed by atoms with Crippen molar-refractivity contribution < 1.29 is 9.53 Å². The lowest BCUT2D eigenvalue weighted by molar-refractivity contribution is -0.127. The van der Waals surface area contributed by atoms with Crippen LogP contribution >= 0.6 is 0 Å². The fourth-order valence-electron chi connectivity index (χ4n) is 3.18. The van der Waals surface area contributed by atoms with Crippen LogP contribution in [0.4, 0.5) is 0 Å². The van der Waals surface area contributed by atoms with Crippen molar-refractivity contribution in [3.8, 4) is 0 Å². The molecule has 0 aliphatic carbocycles. The van der Waals surface area contributed by atoms with Crippen molar-refractivity contribution in [2.75, 3.05) is 39.3 Å². The average Bonchev–Trinajstić information content (AvgIpc) is 3.08. The van der Waals surface area contributed by atoms with Crippen LogP contribution < -0.4 is 0 Å². The number of rotatable bonds is 4. The smallest absolute Gasteiger partial charge is 0.246 e. The van der Waals surface area contributed by atoms with Gasteiger partial charge in [-0.25, -0.2) is 0 Å². The number of hydrogen-bond acceptors (Lipinski definition) is 3.